The molecule has 0 aliphatic rings. The first-order chi connectivity index (χ1) is 8.41. The van der Waals surface area contributed by atoms with Gasteiger partial charge in [-0.25, -0.2) is 0 Å². The summed E-state index contributed by atoms with van der Waals surface area (Å²) in [6, 6.07) is 0. The first-order valence-electron chi connectivity index (χ1n) is 5.20. The molecule has 1 heterocycles. The lowest BCUT2D eigenvalue weighted by atomic mass is 10.5. The molecule has 8 heteroatoms. The van der Waals surface area contributed by atoms with Gasteiger partial charge in [0.05, 0.1) is 6.54 Å². The highest BCUT2D eigenvalue weighted by molar-refractivity contribution is 7.73. The third-order valence-electron chi connectivity index (χ3n) is 2.07. The predicted octanol–water partition coefficient (Wildman–Crippen LogP) is 1.05. The quantitative estimate of drug-likeness (QED) is 0.604. The van der Waals surface area contributed by atoms with E-state index in [1.807, 2.05) is 19.0 Å². The second-order valence-electron chi connectivity index (χ2n) is 3.87. The average molecular weight is 289 g/mol. The van der Waals surface area contributed by atoms with Gasteiger partial charge in [0.15, 0.2) is 3.95 Å². The van der Waals surface area contributed by atoms with Crippen molar-refractivity contribution in [3.05, 3.63) is 8.83 Å². The van der Waals surface area contributed by atoms with Crippen LogP contribution < -0.4 is 0 Å². The Morgan fingerprint density at radius 3 is 2.83 bits per heavy atom. The Morgan fingerprint density at radius 1 is 1.61 bits per heavy atom. The number of hydrogen-bond acceptors (Lipinski definition) is 6. The molecule has 6 nitrogen and oxygen atoms in total. The number of carbonyl (C=O) groups is 1. The van der Waals surface area contributed by atoms with Gasteiger partial charge in [-0.3, -0.25) is 14.4 Å². The van der Waals surface area contributed by atoms with Crippen molar-refractivity contribution in [2.45, 2.75) is 6.54 Å². The van der Waals surface area contributed by atoms with E-state index in [1.165, 1.54) is 10.8 Å². The zero-order chi connectivity index (χ0) is 13.7. The smallest absolute Gasteiger partial charge is 0.323 e. The molecule has 100 valence electrons. The first-order valence-corrected chi connectivity index (χ1v) is 6.43. The van der Waals surface area contributed by atoms with Crippen LogP contribution in [0.3, 0.4) is 0 Å². The number of aliphatic imine (C=N–C) groups is 1. The van der Waals surface area contributed by atoms with E-state index in [4.69, 9.17) is 17.3 Å². The van der Waals surface area contributed by atoms with Gasteiger partial charge in [0.2, 0.25) is 5.88 Å². The summed E-state index contributed by atoms with van der Waals surface area (Å²) in [5, 5.41) is 18.5. The van der Waals surface area contributed by atoms with Gasteiger partial charge in [-0.1, -0.05) is 11.3 Å². The second kappa shape index (κ2) is 6.62. The largest absolute Gasteiger partial charge is 0.493 e. The van der Waals surface area contributed by atoms with E-state index in [-0.39, 0.29) is 12.4 Å². The molecule has 0 aromatic carbocycles. The minimum Gasteiger partial charge on any atom is -0.493 e. The lowest BCUT2D eigenvalue weighted by molar-refractivity contribution is -0.137. The van der Waals surface area contributed by atoms with Gasteiger partial charge in [-0.2, -0.15) is 0 Å². The number of carboxylic acid groups (broad SMARTS) is 1. The maximum atomic E-state index is 10.6. The fourth-order valence-electron chi connectivity index (χ4n) is 1.18. The SMILES string of the molecule is CN(C)CCN=Cc1sc(=S)n(CC(=O)O)c1O. The van der Waals surface area contributed by atoms with Crippen molar-refractivity contribution in [1.82, 2.24) is 9.47 Å². The molecule has 0 saturated carbocycles. The van der Waals surface area contributed by atoms with E-state index >= 15 is 0 Å². The van der Waals surface area contributed by atoms with E-state index in [9.17, 15) is 9.90 Å². The van der Waals surface area contributed by atoms with Crippen LogP contribution in [0, 0.1) is 3.95 Å². The molecule has 0 bridgehead atoms. The molecule has 18 heavy (non-hydrogen) atoms. The number of thiazole rings is 1. The van der Waals surface area contributed by atoms with E-state index in [1.54, 1.807) is 0 Å². The second-order valence-corrected chi connectivity index (χ2v) is 5.55. The Balaban J connectivity index is 2.79. The van der Waals surface area contributed by atoms with Crippen LogP contribution >= 0.6 is 23.6 Å². The van der Waals surface area contributed by atoms with E-state index in [0.29, 0.717) is 15.4 Å². The van der Waals surface area contributed by atoms with Crippen molar-refractivity contribution in [3.63, 3.8) is 0 Å². The van der Waals surface area contributed by atoms with Crippen LogP contribution in [-0.4, -0.2) is 59.0 Å². The van der Waals surface area contributed by atoms with Crippen LogP contribution in [0.2, 0.25) is 0 Å². The van der Waals surface area contributed by atoms with Gasteiger partial charge >= 0.3 is 5.97 Å². The Kier molecular flexibility index (Phi) is 5.45. The number of aromatic hydroxyl groups is 1. The highest BCUT2D eigenvalue weighted by Gasteiger charge is 2.12. The summed E-state index contributed by atoms with van der Waals surface area (Å²) in [6.07, 6.45) is 1.53. The maximum absolute atomic E-state index is 10.6. The fraction of sp³-hybridized carbons (Fsp3) is 0.500. The van der Waals surface area contributed by atoms with Gasteiger partial charge in [0.25, 0.3) is 0 Å². The van der Waals surface area contributed by atoms with Crippen LogP contribution in [0.15, 0.2) is 4.99 Å². The van der Waals surface area contributed by atoms with Crippen LogP contribution in [0.4, 0.5) is 0 Å². The van der Waals surface area contributed by atoms with Crippen LogP contribution in [0.1, 0.15) is 4.88 Å². The predicted molar refractivity (Wildman–Crippen MR) is 73.5 cm³/mol. The molecule has 1 rings (SSSR count). The molecule has 0 aliphatic heterocycles. The van der Waals surface area contributed by atoms with Crippen molar-refractivity contribution in [3.8, 4) is 5.88 Å². The lowest BCUT2D eigenvalue weighted by Crippen LogP contribution is -2.15. The normalized spacial score (nSPS) is 11.5. The number of carboxylic acids is 1. The molecule has 2 N–H and O–H groups in total. The summed E-state index contributed by atoms with van der Waals surface area (Å²) in [5.41, 5.74) is 0. The summed E-state index contributed by atoms with van der Waals surface area (Å²) >= 11 is 6.13. The molecular weight excluding hydrogens is 274 g/mol. The number of likely N-dealkylation sites (N-methyl/N-ethyl adjacent to an activating group) is 1. The van der Waals surface area contributed by atoms with Crippen molar-refractivity contribution < 1.29 is 15.0 Å². The summed E-state index contributed by atoms with van der Waals surface area (Å²) in [7, 11) is 3.89. The van der Waals surface area contributed by atoms with Gasteiger partial charge in [-0.15, -0.1) is 0 Å². The van der Waals surface area contributed by atoms with Gasteiger partial charge < -0.3 is 15.1 Å². The summed E-state index contributed by atoms with van der Waals surface area (Å²) in [5.74, 6) is -1.18. The zero-order valence-corrected chi connectivity index (χ0v) is 11.8. The number of nitrogens with zero attached hydrogens (tertiary/aromatic N) is 3. The fourth-order valence-corrected chi connectivity index (χ4v) is 2.38. The highest BCUT2D eigenvalue weighted by Crippen LogP contribution is 2.23. The highest BCUT2D eigenvalue weighted by atomic mass is 32.1. The number of rotatable bonds is 6. The van der Waals surface area contributed by atoms with Gasteiger partial charge in [-0.05, 0) is 26.3 Å². The third-order valence-corrected chi connectivity index (χ3v) is 3.45. The van der Waals surface area contributed by atoms with Crippen LogP contribution in [-0.2, 0) is 11.3 Å². The standard InChI is InChI=1S/C10H15N3O3S2/c1-12(2)4-3-11-5-7-9(16)13(6-8(14)15)10(17)18-7/h5,16H,3-4,6H2,1-2H3,(H,14,15). The minimum atomic E-state index is -1.05. The van der Waals surface area contributed by atoms with E-state index in [0.717, 1.165) is 17.9 Å². The molecular formula is C10H15N3O3S2. The topological polar surface area (TPSA) is 78.1 Å². The summed E-state index contributed by atoms with van der Waals surface area (Å²) in [6.45, 7) is 1.07. The van der Waals surface area contributed by atoms with Crippen LogP contribution in [0.25, 0.3) is 0 Å². The molecule has 0 spiro atoms. The molecule has 0 unspecified atom stereocenters. The molecule has 0 atom stereocenters. The number of hydrogen-bond donors (Lipinski definition) is 2. The van der Waals surface area contributed by atoms with Crippen molar-refractivity contribution in [2.24, 2.45) is 4.99 Å². The first kappa shape index (κ1) is 14.8. The summed E-state index contributed by atoms with van der Waals surface area (Å²) in [4.78, 5) is 17.2. The van der Waals surface area contributed by atoms with E-state index in [2.05, 4.69) is 4.99 Å². The van der Waals surface area contributed by atoms with Gasteiger partial charge in [0, 0.05) is 12.8 Å². The average Bonchev–Trinajstić information content (AvgIpc) is 2.51. The van der Waals surface area contributed by atoms with E-state index < -0.39 is 5.97 Å². The number of aromatic nitrogens is 1. The Bertz CT molecular complexity index is 505. The van der Waals surface area contributed by atoms with Crippen molar-refractivity contribution in [2.75, 3.05) is 27.2 Å². The zero-order valence-electron chi connectivity index (χ0n) is 10.2. The Morgan fingerprint density at radius 2 is 2.28 bits per heavy atom. The molecule has 0 fully saturated rings. The number of aliphatic carboxylic acids is 1. The third kappa shape index (κ3) is 4.21. The van der Waals surface area contributed by atoms with Gasteiger partial charge in [0.1, 0.15) is 11.4 Å². The molecule has 0 saturated heterocycles. The summed E-state index contributed by atoms with van der Waals surface area (Å²) < 4.78 is 1.50. The minimum absolute atomic E-state index is 0.138. The molecule has 0 radical (unpaired) electrons. The molecule has 1 aromatic rings. The Hall–Kier alpha value is -1.25. The molecule has 1 aromatic heterocycles. The molecule has 0 amide bonds. The lowest BCUT2D eigenvalue weighted by Gasteiger charge is -2.05. The maximum Gasteiger partial charge on any atom is 0.323 e. The van der Waals surface area contributed by atoms with Crippen LogP contribution in [0.5, 0.6) is 5.88 Å². The van der Waals surface area contributed by atoms with Crippen molar-refractivity contribution in [1.29, 1.82) is 0 Å². The monoisotopic (exact) mass is 289 g/mol. The molecule has 0 aliphatic carbocycles. The Labute approximate surface area is 114 Å². The van der Waals surface area contributed by atoms with Crippen molar-refractivity contribution >= 4 is 35.7 Å².